The first kappa shape index (κ1) is 17.3. The Bertz CT molecular complexity index is 681. The number of carbonyl (C=O) groups excluding carboxylic acids is 1. The molecule has 0 spiro atoms. The van der Waals surface area contributed by atoms with Crippen LogP contribution in [0.1, 0.15) is 42.1 Å². The molecule has 0 bridgehead atoms. The van der Waals surface area contributed by atoms with Gasteiger partial charge in [-0.1, -0.05) is 43.1 Å². The maximum Gasteiger partial charge on any atom is 0.343 e. The second kappa shape index (κ2) is 7.49. The molecular weight excluding hydrogens is 387 g/mol. The molecular formula is C17H15BrCl2O2. The van der Waals surface area contributed by atoms with Gasteiger partial charge in [-0.2, -0.15) is 0 Å². The summed E-state index contributed by atoms with van der Waals surface area (Å²) in [5, 5.41) is 0.788. The minimum absolute atomic E-state index is 0.315. The average Bonchev–Trinajstić information content (AvgIpc) is 2.47. The smallest absolute Gasteiger partial charge is 0.343 e. The quantitative estimate of drug-likeness (QED) is 0.432. The molecule has 0 amide bonds. The second-order valence-electron chi connectivity index (χ2n) is 5.05. The van der Waals surface area contributed by atoms with Crippen LogP contribution in [0.3, 0.4) is 0 Å². The first-order valence-corrected chi connectivity index (χ1v) is 8.43. The Kier molecular flexibility index (Phi) is 5.90. The van der Waals surface area contributed by atoms with Gasteiger partial charge in [-0.3, -0.25) is 0 Å². The van der Waals surface area contributed by atoms with Crippen LogP contribution in [0.25, 0.3) is 0 Å². The third kappa shape index (κ3) is 4.25. The van der Waals surface area contributed by atoms with Crippen molar-refractivity contribution in [2.24, 2.45) is 0 Å². The monoisotopic (exact) mass is 400 g/mol. The lowest BCUT2D eigenvalue weighted by atomic mass is 9.99. The largest absolute Gasteiger partial charge is 0.422 e. The first-order chi connectivity index (χ1) is 10.4. The molecule has 116 valence electrons. The van der Waals surface area contributed by atoms with Gasteiger partial charge >= 0.3 is 5.97 Å². The molecule has 0 N–H and O–H groups in total. The number of esters is 1. The highest BCUT2D eigenvalue weighted by Gasteiger charge is 2.14. The fourth-order valence-electron chi connectivity index (χ4n) is 1.97. The zero-order valence-corrected chi connectivity index (χ0v) is 15.3. The van der Waals surface area contributed by atoms with Crippen LogP contribution >= 0.6 is 39.1 Å². The van der Waals surface area contributed by atoms with Crippen molar-refractivity contribution in [2.75, 3.05) is 0 Å². The lowest BCUT2D eigenvalue weighted by Crippen LogP contribution is -2.09. The van der Waals surface area contributed by atoms with Gasteiger partial charge in [-0.05, 0) is 64.2 Å². The molecule has 0 fully saturated rings. The highest BCUT2D eigenvalue weighted by molar-refractivity contribution is 9.10. The summed E-state index contributed by atoms with van der Waals surface area (Å²) >= 11 is 15.2. The summed E-state index contributed by atoms with van der Waals surface area (Å²) < 4.78 is 6.15. The van der Waals surface area contributed by atoms with Gasteiger partial charge in [0.2, 0.25) is 0 Å². The first-order valence-electron chi connectivity index (χ1n) is 6.88. The van der Waals surface area contributed by atoms with Crippen molar-refractivity contribution in [1.29, 1.82) is 0 Å². The second-order valence-corrected chi connectivity index (χ2v) is 6.77. The summed E-state index contributed by atoms with van der Waals surface area (Å²) in [5.74, 6) is 0.419. The van der Waals surface area contributed by atoms with E-state index in [1.54, 1.807) is 12.1 Å². The minimum atomic E-state index is -0.499. The topological polar surface area (TPSA) is 26.3 Å². The van der Waals surface area contributed by atoms with Crippen LogP contribution in [-0.4, -0.2) is 5.97 Å². The molecule has 0 saturated heterocycles. The molecule has 2 nitrogen and oxygen atoms in total. The molecule has 0 heterocycles. The Morgan fingerprint density at radius 3 is 2.36 bits per heavy atom. The van der Waals surface area contributed by atoms with E-state index in [2.05, 4.69) is 29.8 Å². The Morgan fingerprint density at radius 2 is 1.82 bits per heavy atom. The van der Waals surface area contributed by atoms with E-state index in [-0.39, 0.29) is 0 Å². The normalized spacial score (nSPS) is 12.0. The molecule has 0 radical (unpaired) electrons. The molecule has 0 aliphatic carbocycles. The van der Waals surface area contributed by atoms with E-state index in [1.807, 2.05) is 12.1 Å². The molecule has 0 aliphatic rings. The molecule has 0 aromatic heterocycles. The highest BCUT2D eigenvalue weighted by Crippen LogP contribution is 2.31. The maximum absolute atomic E-state index is 12.2. The van der Waals surface area contributed by atoms with Crippen molar-refractivity contribution in [2.45, 2.75) is 26.2 Å². The number of carbonyl (C=O) groups is 1. The van der Waals surface area contributed by atoms with E-state index in [0.717, 1.165) is 10.9 Å². The van der Waals surface area contributed by atoms with Crippen LogP contribution in [0.2, 0.25) is 10.0 Å². The van der Waals surface area contributed by atoms with Gasteiger partial charge in [0, 0.05) is 10.0 Å². The van der Waals surface area contributed by atoms with Crippen LogP contribution in [0.4, 0.5) is 0 Å². The number of rotatable bonds is 4. The number of ether oxygens (including phenoxy) is 1. The lowest BCUT2D eigenvalue weighted by Gasteiger charge is -2.12. The fourth-order valence-corrected chi connectivity index (χ4v) is 2.98. The van der Waals surface area contributed by atoms with E-state index < -0.39 is 5.97 Å². The third-order valence-corrected chi connectivity index (χ3v) is 4.49. The Morgan fingerprint density at radius 1 is 1.18 bits per heavy atom. The number of hydrogen-bond acceptors (Lipinski definition) is 2. The summed E-state index contributed by atoms with van der Waals surface area (Å²) in [4.78, 5) is 12.2. The third-order valence-electron chi connectivity index (χ3n) is 3.44. The zero-order valence-electron chi connectivity index (χ0n) is 12.2. The van der Waals surface area contributed by atoms with E-state index in [0.29, 0.717) is 27.3 Å². The van der Waals surface area contributed by atoms with Crippen LogP contribution in [0, 0.1) is 0 Å². The SMILES string of the molecule is CCC(C)c1ccc(OC(=O)c2cc(Cl)cc(Cl)c2)c(Br)c1. The van der Waals surface area contributed by atoms with Crippen molar-refractivity contribution in [3.8, 4) is 5.75 Å². The van der Waals surface area contributed by atoms with Crippen molar-refractivity contribution in [3.05, 3.63) is 62.0 Å². The summed E-state index contributed by atoms with van der Waals surface area (Å²) in [5.41, 5.74) is 1.51. The summed E-state index contributed by atoms with van der Waals surface area (Å²) in [6.45, 7) is 4.29. The Hall–Kier alpha value is -1.03. The molecule has 5 heteroatoms. The molecule has 0 aliphatic heterocycles. The van der Waals surface area contributed by atoms with E-state index >= 15 is 0 Å². The van der Waals surface area contributed by atoms with Crippen LogP contribution < -0.4 is 4.74 Å². The molecule has 1 unspecified atom stereocenters. The maximum atomic E-state index is 12.2. The van der Waals surface area contributed by atoms with Gasteiger partial charge in [0.25, 0.3) is 0 Å². The lowest BCUT2D eigenvalue weighted by molar-refractivity contribution is 0.0733. The Balaban J connectivity index is 2.21. The molecule has 1 atom stereocenters. The van der Waals surface area contributed by atoms with Gasteiger partial charge in [-0.25, -0.2) is 4.79 Å². The number of hydrogen-bond donors (Lipinski definition) is 0. The predicted molar refractivity (Wildman–Crippen MR) is 94.3 cm³/mol. The number of halogens is 3. The predicted octanol–water partition coefficient (Wildman–Crippen LogP) is 6.49. The summed E-state index contributed by atoms with van der Waals surface area (Å²) in [6, 6.07) is 10.3. The van der Waals surface area contributed by atoms with E-state index in [1.165, 1.54) is 17.7 Å². The summed E-state index contributed by atoms with van der Waals surface area (Å²) in [7, 11) is 0. The van der Waals surface area contributed by atoms with Gasteiger partial charge in [0.1, 0.15) is 5.75 Å². The molecule has 2 aromatic carbocycles. The van der Waals surface area contributed by atoms with Crippen LogP contribution in [0.5, 0.6) is 5.75 Å². The van der Waals surface area contributed by atoms with Gasteiger partial charge in [0.05, 0.1) is 10.0 Å². The van der Waals surface area contributed by atoms with Crippen molar-refractivity contribution >= 4 is 45.1 Å². The van der Waals surface area contributed by atoms with Gasteiger partial charge in [0.15, 0.2) is 0 Å². The van der Waals surface area contributed by atoms with Crippen molar-refractivity contribution in [3.63, 3.8) is 0 Å². The van der Waals surface area contributed by atoms with Crippen LogP contribution in [-0.2, 0) is 0 Å². The van der Waals surface area contributed by atoms with Crippen LogP contribution in [0.15, 0.2) is 40.9 Å². The van der Waals surface area contributed by atoms with Crippen molar-refractivity contribution < 1.29 is 9.53 Å². The zero-order chi connectivity index (χ0) is 16.3. The van der Waals surface area contributed by atoms with Gasteiger partial charge < -0.3 is 4.74 Å². The van der Waals surface area contributed by atoms with E-state index in [9.17, 15) is 4.79 Å². The highest BCUT2D eigenvalue weighted by atomic mass is 79.9. The molecule has 2 rings (SSSR count). The number of benzene rings is 2. The Labute approximate surface area is 148 Å². The average molecular weight is 402 g/mol. The molecule has 22 heavy (non-hydrogen) atoms. The fraction of sp³-hybridized carbons (Fsp3) is 0.235. The standard InChI is InChI=1S/C17H15BrCl2O2/c1-3-10(2)11-4-5-16(15(18)8-11)22-17(21)12-6-13(19)9-14(20)7-12/h4-10H,3H2,1-2H3. The van der Waals surface area contributed by atoms with Gasteiger partial charge in [-0.15, -0.1) is 0 Å². The van der Waals surface area contributed by atoms with Crippen molar-refractivity contribution in [1.82, 2.24) is 0 Å². The minimum Gasteiger partial charge on any atom is -0.422 e. The van der Waals surface area contributed by atoms with E-state index in [4.69, 9.17) is 27.9 Å². The molecule has 0 saturated carbocycles. The molecule has 2 aromatic rings. The summed E-state index contributed by atoms with van der Waals surface area (Å²) in [6.07, 6.45) is 1.05.